The largest absolute Gasteiger partial charge is 0.378 e. The highest BCUT2D eigenvalue weighted by atomic mass is 16.5. The standard InChI is InChI=1S/C14H28N2O/c1-3-12(2)14-11-15-7-9-16(14)8-6-13-5-4-10-17-13/h12-15H,3-11H2,1-2H3. The van der Waals surface area contributed by atoms with E-state index in [0.717, 1.165) is 25.1 Å². The molecule has 1 N–H and O–H groups in total. The topological polar surface area (TPSA) is 24.5 Å². The van der Waals surface area contributed by atoms with Gasteiger partial charge in [-0.2, -0.15) is 0 Å². The first-order valence-corrected chi connectivity index (χ1v) is 7.37. The van der Waals surface area contributed by atoms with E-state index in [1.54, 1.807) is 0 Å². The van der Waals surface area contributed by atoms with Crippen molar-refractivity contribution < 1.29 is 4.74 Å². The van der Waals surface area contributed by atoms with Gasteiger partial charge in [0.1, 0.15) is 0 Å². The molecule has 0 aromatic rings. The van der Waals surface area contributed by atoms with Crippen LogP contribution < -0.4 is 5.32 Å². The molecule has 2 fully saturated rings. The molecule has 3 unspecified atom stereocenters. The predicted molar refractivity (Wildman–Crippen MR) is 71.3 cm³/mol. The van der Waals surface area contributed by atoms with Crippen LogP contribution in [0.25, 0.3) is 0 Å². The zero-order chi connectivity index (χ0) is 12.1. The molecule has 0 saturated carbocycles. The van der Waals surface area contributed by atoms with Gasteiger partial charge >= 0.3 is 0 Å². The summed E-state index contributed by atoms with van der Waals surface area (Å²) >= 11 is 0. The third-order valence-corrected chi connectivity index (χ3v) is 4.46. The van der Waals surface area contributed by atoms with E-state index in [4.69, 9.17) is 4.74 Å². The molecule has 2 aliphatic rings. The quantitative estimate of drug-likeness (QED) is 0.794. The molecule has 2 heterocycles. The number of nitrogens with one attached hydrogen (secondary N) is 1. The highest BCUT2D eigenvalue weighted by molar-refractivity contribution is 4.84. The lowest BCUT2D eigenvalue weighted by Gasteiger charge is -2.39. The number of hydrogen-bond acceptors (Lipinski definition) is 3. The second-order valence-corrected chi connectivity index (χ2v) is 5.62. The van der Waals surface area contributed by atoms with Gasteiger partial charge in [0, 0.05) is 38.8 Å². The minimum Gasteiger partial charge on any atom is -0.378 e. The van der Waals surface area contributed by atoms with Crippen molar-refractivity contribution >= 4 is 0 Å². The summed E-state index contributed by atoms with van der Waals surface area (Å²) in [5.74, 6) is 0.798. The number of nitrogens with zero attached hydrogens (tertiary/aromatic N) is 1. The Hall–Kier alpha value is -0.120. The maximum Gasteiger partial charge on any atom is 0.0588 e. The van der Waals surface area contributed by atoms with Crippen molar-refractivity contribution in [1.82, 2.24) is 10.2 Å². The summed E-state index contributed by atoms with van der Waals surface area (Å²) in [4.78, 5) is 2.69. The molecule has 0 amide bonds. The Morgan fingerprint density at radius 3 is 3.06 bits per heavy atom. The zero-order valence-electron chi connectivity index (χ0n) is 11.5. The second-order valence-electron chi connectivity index (χ2n) is 5.62. The monoisotopic (exact) mass is 240 g/mol. The molecule has 3 atom stereocenters. The van der Waals surface area contributed by atoms with Gasteiger partial charge in [-0.3, -0.25) is 4.90 Å². The Kier molecular flexibility index (Phi) is 5.26. The van der Waals surface area contributed by atoms with Crippen LogP contribution in [0.15, 0.2) is 0 Å². The maximum absolute atomic E-state index is 5.72. The fourth-order valence-corrected chi connectivity index (χ4v) is 3.06. The van der Waals surface area contributed by atoms with Gasteiger partial charge in [0.2, 0.25) is 0 Å². The molecular formula is C14H28N2O. The van der Waals surface area contributed by atoms with Crippen LogP contribution in [0.1, 0.15) is 39.5 Å². The van der Waals surface area contributed by atoms with E-state index in [0.29, 0.717) is 6.10 Å². The number of ether oxygens (including phenoxy) is 1. The smallest absolute Gasteiger partial charge is 0.0588 e. The summed E-state index contributed by atoms with van der Waals surface area (Å²) in [6, 6.07) is 0.732. The average Bonchev–Trinajstić information content (AvgIpc) is 2.89. The van der Waals surface area contributed by atoms with Crippen molar-refractivity contribution in [2.24, 2.45) is 5.92 Å². The van der Waals surface area contributed by atoms with Crippen molar-refractivity contribution in [1.29, 1.82) is 0 Å². The minimum absolute atomic E-state index is 0.544. The minimum atomic E-state index is 0.544. The van der Waals surface area contributed by atoms with E-state index in [2.05, 4.69) is 24.1 Å². The molecular weight excluding hydrogens is 212 g/mol. The molecule has 0 aromatic carbocycles. The van der Waals surface area contributed by atoms with Gasteiger partial charge < -0.3 is 10.1 Å². The molecule has 0 aromatic heterocycles. The summed E-state index contributed by atoms with van der Waals surface area (Å²) < 4.78 is 5.72. The molecule has 2 rings (SSSR count). The summed E-state index contributed by atoms with van der Waals surface area (Å²) in [5, 5.41) is 3.54. The molecule has 100 valence electrons. The van der Waals surface area contributed by atoms with Crippen LogP contribution in [0, 0.1) is 5.92 Å². The molecule has 3 heteroatoms. The van der Waals surface area contributed by atoms with Crippen molar-refractivity contribution in [3.05, 3.63) is 0 Å². The van der Waals surface area contributed by atoms with Gasteiger partial charge in [0.15, 0.2) is 0 Å². The summed E-state index contributed by atoms with van der Waals surface area (Å²) in [5.41, 5.74) is 0. The lowest BCUT2D eigenvalue weighted by Crippen LogP contribution is -2.54. The Morgan fingerprint density at radius 1 is 1.47 bits per heavy atom. The zero-order valence-corrected chi connectivity index (χ0v) is 11.5. The van der Waals surface area contributed by atoms with Crippen LogP contribution in [-0.2, 0) is 4.74 Å². The molecule has 0 aliphatic carbocycles. The van der Waals surface area contributed by atoms with Crippen molar-refractivity contribution in [2.45, 2.75) is 51.7 Å². The van der Waals surface area contributed by atoms with Crippen LogP contribution in [0.4, 0.5) is 0 Å². The highest BCUT2D eigenvalue weighted by Crippen LogP contribution is 2.20. The number of piperazine rings is 1. The van der Waals surface area contributed by atoms with E-state index < -0.39 is 0 Å². The molecule has 0 spiro atoms. The third kappa shape index (κ3) is 3.67. The molecule has 0 radical (unpaired) electrons. The Bertz CT molecular complexity index is 216. The summed E-state index contributed by atoms with van der Waals surface area (Å²) in [6.45, 7) is 10.4. The van der Waals surface area contributed by atoms with Gasteiger partial charge in [0.05, 0.1) is 6.10 Å². The first kappa shape index (κ1) is 13.3. The van der Waals surface area contributed by atoms with Crippen molar-refractivity contribution in [3.8, 4) is 0 Å². The Balaban J connectivity index is 1.78. The average molecular weight is 240 g/mol. The van der Waals surface area contributed by atoms with Gasteiger partial charge in [-0.15, -0.1) is 0 Å². The molecule has 17 heavy (non-hydrogen) atoms. The van der Waals surface area contributed by atoms with E-state index in [1.165, 1.54) is 45.3 Å². The van der Waals surface area contributed by atoms with Crippen LogP contribution in [0.5, 0.6) is 0 Å². The second kappa shape index (κ2) is 6.72. The van der Waals surface area contributed by atoms with Crippen LogP contribution in [0.2, 0.25) is 0 Å². The van der Waals surface area contributed by atoms with Crippen molar-refractivity contribution in [3.63, 3.8) is 0 Å². The lowest BCUT2D eigenvalue weighted by atomic mass is 9.95. The van der Waals surface area contributed by atoms with E-state index >= 15 is 0 Å². The maximum atomic E-state index is 5.72. The first-order valence-electron chi connectivity index (χ1n) is 7.37. The Morgan fingerprint density at radius 2 is 2.35 bits per heavy atom. The summed E-state index contributed by atoms with van der Waals surface area (Å²) in [7, 11) is 0. The predicted octanol–water partition coefficient (Wildman–Crippen LogP) is 1.88. The van der Waals surface area contributed by atoms with Crippen molar-refractivity contribution in [2.75, 3.05) is 32.8 Å². The summed E-state index contributed by atoms with van der Waals surface area (Å²) in [6.07, 6.45) is 5.60. The van der Waals surface area contributed by atoms with Gasteiger partial charge in [-0.1, -0.05) is 20.3 Å². The van der Waals surface area contributed by atoms with E-state index in [-0.39, 0.29) is 0 Å². The van der Waals surface area contributed by atoms with Crippen LogP contribution in [0.3, 0.4) is 0 Å². The number of hydrogen-bond donors (Lipinski definition) is 1. The molecule has 2 aliphatic heterocycles. The Labute approximate surface area is 106 Å². The highest BCUT2D eigenvalue weighted by Gasteiger charge is 2.27. The fourth-order valence-electron chi connectivity index (χ4n) is 3.06. The molecule has 2 saturated heterocycles. The normalized spacial score (nSPS) is 32.8. The lowest BCUT2D eigenvalue weighted by molar-refractivity contribution is 0.0664. The SMILES string of the molecule is CCC(C)C1CNCCN1CCC1CCCO1. The molecule has 3 nitrogen and oxygen atoms in total. The van der Waals surface area contributed by atoms with E-state index in [9.17, 15) is 0 Å². The van der Waals surface area contributed by atoms with Gasteiger partial charge in [-0.05, 0) is 25.2 Å². The van der Waals surface area contributed by atoms with Crippen LogP contribution >= 0.6 is 0 Å². The molecule has 0 bridgehead atoms. The third-order valence-electron chi connectivity index (χ3n) is 4.46. The van der Waals surface area contributed by atoms with Crippen LogP contribution in [-0.4, -0.2) is 49.8 Å². The first-order chi connectivity index (χ1) is 8.31. The van der Waals surface area contributed by atoms with E-state index in [1.807, 2.05) is 0 Å². The number of rotatable bonds is 5. The van der Waals surface area contributed by atoms with Gasteiger partial charge in [0.25, 0.3) is 0 Å². The fraction of sp³-hybridized carbons (Fsp3) is 1.00. The van der Waals surface area contributed by atoms with Gasteiger partial charge in [-0.25, -0.2) is 0 Å².